The number of nitrogens with zero attached hydrogens (tertiary/aromatic N) is 5. The number of piperidine rings is 1. The van der Waals surface area contributed by atoms with Crippen LogP contribution in [0.5, 0.6) is 5.88 Å². The minimum Gasteiger partial charge on any atom is -0.476 e. The molecule has 6 nitrogen and oxygen atoms in total. The van der Waals surface area contributed by atoms with E-state index in [1.54, 1.807) is 18.6 Å². The molecule has 0 N–H and O–H groups in total. The molecule has 1 aliphatic rings. The fourth-order valence-electron chi connectivity index (χ4n) is 3.34. The van der Waals surface area contributed by atoms with Gasteiger partial charge in [-0.1, -0.05) is 12.1 Å². The predicted octanol–water partition coefficient (Wildman–Crippen LogP) is 3.02. The van der Waals surface area contributed by atoms with Crippen LogP contribution in [-0.4, -0.2) is 39.6 Å². The summed E-state index contributed by atoms with van der Waals surface area (Å²) >= 11 is 0. The van der Waals surface area contributed by atoms with Crippen molar-refractivity contribution < 1.29 is 4.74 Å². The summed E-state index contributed by atoms with van der Waals surface area (Å²) in [5.41, 5.74) is 2.87. The van der Waals surface area contributed by atoms with Gasteiger partial charge >= 0.3 is 0 Å². The Morgan fingerprint density at radius 3 is 2.80 bits per heavy atom. The van der Waals surface area contributed by atoms with Crippen LogP contribution in [0.25, 0.3) is 11.0 Å². The second-order valence-electron chi connectivity index (χ2n) is 6.43. The topological polar surface area (TPSA) is 64.0 Å². The largest absolute Gasteiger partial charge is 0.476 e. The van der Waals surface area contributed by atoms with Crippen LogP contribution in [0.1, 0.15) is 18.5 Å². The molecule has 1 atom stereocenters. The van der Waals surface area contributed by atoms with Crippen molar-refractivity contribution in [2.75, 3.05) is 24.6 Å². The van der Waals surface area contributed by atoms with Crippen molar-refractivity contribution in [1.82, 2.24) is 19.9 Å². The lowest BCUT2D eigenvalue weighted by Gasteiger charge is -2.34. The van der Waals surface area contributed by atoms with E-state index in [1.807, 2.05) is 31.2 Å². The maximum atomic E-state index is 5.79. The average Bonchev–Trinajstić information content (AvgIpc) is 2.67. The van der Waals surface area contributed by atoms with Gasteiger partial charge in [-0.3, -0.25) is 4.98 Å². The Balaban J connectivity index is 1.48. The van der Waals surface area contributed by atoms with Gasteiger partial charge in [-0.15, -0.1) is 0 Å². The highest BCUT2D eigenvalue weighted by molar-refractivity contribution is 5.76. The molecule has 1 aromatic carbocycles. The van der Waals surface area contributed by atoms with Crippen LogP contribution in [0.2, 0.25) is 0 Å². The highest BCUT2D eigenvalue weighted by Crippen LogP contribution is 2.25. The summed E-state index contributed by atoms with van der Waals surface area (Å²) in [7, 11) is 0. The Morgan fingerprint density at radius 2 is 2.00 bits per heavy atom. The predicted molar refractivity (Wildman–Crippen MR) is 96.7 cm³/mol. The van der Waals surface area contributed by atoms with Gasteiger partial charge in [0, 0.05) is 31.4 Å². The van der Waals surface area contributed by atoms with Crippen molar-refractivity contribution in [3.8, 4) is 5.88 Å². The summed E-state index contributed by atoms with van der Waals surface area (Å²) in [5, 5.41) is 0. The molecule has 1 fully saturated rings. The number of fused-ring (bicyclic) bond motifs is 1. The molecule has 0 radical (unpaired) electrons. The monoisotopic (exact) mass is 335 g/mol. The first-order valence-corrected chi connectivity index (χ1v) is 8.67. The van der Waals surface area contributed by atoms with Crippen molar-refractivity contribution in [3.63, 3.8) is 0 Å². The molecule has 0 aliphatic carbocycles. The summed E-state index contributed by atoms with van der Waals surface area (Å²) in [6.45, 7) is 4.62. The van der Waals surface area contributed by atoms with Gasteiger partial charge in [0.1, 0.15) is 0 Å². The molecule has 1 saturated heterocycles. The molecule has 0 spiro atoms. The number of aryl methyl sites for hydroxylation is 1. The Morgan fingerprint density at radius 1 is 1.16 bits per heavy atom. The zero-order valence-electron chi connectivity index (χ0n) is 14.3. The molecule has 128 valence electrons. The lowest BCUT2D eigenvalue weighted by molar-refractivity contribution is 0.220. The van der Waals surface area contributed by atoms with Gasteiger partial charge < -0.3 is 9.64 Å². The molecule has 3 heterocycles. The summed E-state index contributed by atoms with van der Waals surface area (Å²) in [6, 6.07) is 8.03. The molecule has 4 rings (SSSR count). The van der Waals surface area contributed by atoms with Gasteiger partial charge in [0.05, 0.1) is 29.5 Å². The first-order valence-electron chi connectivity index (χ1n) is 8.67. The van der Waals surface area contributed by atoms with E-state index in [2.05, 4.69) is 14.9 Å². The average molecular weight is 335 g/mol. The van der Waals surface area contributed by atoms with Crippen molar-refractivity contribution in [1.29, 1.82) is 0 Å². The molecule has 0 bridgehead atoms. The highest BCUT2D eigenvalue weighted by atomic mass is 16.5. The molecule has 1 unspecified atom stereocenters. The van der Waals surface area contributed by atoms with Gasteiger partial charge in [-0.05, 0) is 31.9 Å². The fourth-order valence-corrected chi connectivity index (χ4v) is 3.34. The smallest absolute Gasteiger partial charge is 0.232 e. The molecule has 0 saturated carbocycles. The molecule has 2 aromatic heterocycles. The molecule has 3 aromatic rings. The third-order valence-corrected chi connectivity index (χ3v) is 4.54. The van der Waals surface area contributed by atoms with Crippen LogP contribution in [0.4, 0.5) is 5.82 Å². The molecule has 6 heteroatoms. The first kappa shape index (κ1) is 15.7. The minimum atomic E-state index is 0.448. The number of hydrogen-bond acceptors (Lipinski definition) is 6. The van der Waals surface area contributed by atoms with Gasteiger partial charge in [-0.2, -0.15) is 0 Å². The van der Waals surface area contributed by atoms with Crippen molar-refractivity contribution >= 4 is 16.9 Å². The highest BCUT2D eigenvalue weighted by Gasteiger charge is 2.23. The van der Waals surface area contributed by atoms with E-state index in [-0.39, 0.29) is 0 Å². The Labute approximate surface area is 146 Å². The maximum Gasteiger partial charge on any atom is 0.232 e. The van der Waals surface area contributed by atoms with Gasteiger partial charge in [0.2, 0.25) is 5.88 Å². The molecular weight excluding hydrogens is 314 g/mol. The molecule has 0 amide bonds. The standard InChI is InChI=1S/C19H21N5O/c1-14-19(23-17-7-3-2-6-16(17)22-14)24-10-4-5-15(12-24)13-25-18-11-20-8-9-21-18/h2-3,6-9,11,15H,4-5,10,12-13H2,1H3. The van der Waals surface area contributed by atoms with Gasteiger partial charge in [0.15, 0.2) is 5.82 Å². The van der Waals surface area contributed by atoms with E-state index in [0.717, 1.165) is 48.5 Å². The van der Waals surface area contributed by atoms with Crippen molar-refractivity contribution in [3.05, 3.63) is 48.5 Å². The van der Waals surface area contributed by atoms with Crippen LogP contribution in [0.15, 0.2) is 42.9 Å². The van der Waals surface area contributed by atoms with Crippen LogP contribution >= 0.6 is 0 Å². The number of aromatic nitrogens is 4. The number of para-hydroxylation sites is 2. The lowest BCUT2D eigenvalue weighted by atomic mass is 9.99. The second kappa shape index (κ2) is 7.01. The van der Waals surface area contributed by atoms with Gasteiger partial charge in [-0.25, -0.2) is 15.0 Å². The molecule has 1 aliphatic heterocycles. The number of hydrogen-bond donors (Lipinski definition) is 0. The zero-order chi connectivity index (χ0) is 17.1. The summed E-state index contributed by atoms with van der Waals surface area (Å²) < 4.78 is 5.79. The maximum absolute atomic E-state index is 5.79. The molecular formula is C19H21N5O. The van der Waals surface area contributed by atoms with E-state index in [9.17, 15) is 0 Å². The summed E-state index contributed by atoms with van der Waals surface area (Å²) in [6.07, 6.45) is 7.23. The quantitative estimate of drug-likeness (QED) is 0.730. The Hall–Kier alpha value is -2.76. The van der Waals surface area contributed by atoms with E-state index in [1.165, 1.54) is 0 Å². The van der Waals surface area contributed by atoms with Crippen molar-refractivity contribution in [2.45, 2.75) is 19.8 Å². The van der Waals surface area contributed by atoms with Gasteiger partial charge in [0.25, 0.3) is 0 Å². The number of ether oxygens (including phenoxy) is 1. The van der Waals surface area contributed by atoms with Crippen LogP contribution in [0.3, 0.4) is 0 Å². The third-order valence-electron chi connectivity index (χ3n) is 4.54. The third kappa shape index (κ3) is 3.52. The van der Waals surface area contributed by atoms with Crippen molar-refractivity contribution in [2.24, 2.45) is 5.92 Å². The zero-order valence-corrected chi connectivity index (χ0v) is 14.3. The van der Waals surface area contributed by atoms with Crippen LogP contribution in [-0.2, 0) is 0 Å². The second-order valence-corrected chi connectivity index (χ2v) is 6.43. The van der Waals surface area contributed by atoms with Crippen LogP contribution in [0, 0.1) is 12.8 Å². The number of anilines is 1. The summed E-state index contributed by atoms with van der Waals surface area (Å²) in [5.74, 6) is 2.02. The van der Waals surface area contributed by atoms with Crippen LogP contribution < -0.4 is 9.64 Å². The minimum absolute atomic E-state index is 0.448. The number of benzene rings is 1. The SMILES string of the molecule is Cc1nc2ccccc2nc1N1CCCC(COc2cnccn2)C1. The van der Waals surface area contributed by atoms with E-state index in [4.69, 9.17) is 14.7 Å². The lowest BCUT2D eigenvalue weighted by Crippen LogP contribution is -2.38. The Bertz CT molecular complexity index is 855. The number of rotatable bonds is 4. The summed E-state index contributed by atoms with van der Waals surface area (Å²) in [4.78, 5) is 20.1. The molecule has 25 heavy (non-hydrogen) atoms. The van der Waals surface area contributed by atoms with E-state index >= 15 is 0 Å². The fraction of sp³-hybridized carbons (Fsp3) is 0.368. The van der Waals surface area contributed by atoms with E-state index < -0.39 is 0 Å². The Kier molecular flexibility index (Phi) is 4.41. The van der Waals surface area contributed by atoms with E-state index in [0.29, 0.717) is 18.4 Å². The normalized spacial score (nSPS) is 17.6. The first-order chi connectivity index (χ1) is 12.3.